The number of aromatic nitrogens is 2. The number of aromatic carboxylic acids is 1. The Balaban J connectivity index is 2.67. The standard InChI is InChI=1S/C13H12N4O5/c1-6(10(18)15-13(14)22)17-11(19)8-5-3-2-4-7(8)9(16-17)12(20)21/h2-6H,1H3,(H,20,21)(H3,14,15,18,22)/p-1/t6-/m1/s1. The average molecular weight is 303 g/mol. The van der Waals surface area contributed by atoms with Crippen molar-refractivity contribution in [2.75, 3.05) is 0 Å². The lowest BCUT2D eigenvalue weighted by molar-refractivity contribution is -0.255. The molecule has 9 heteroatoms. The number of hydrogen-bond acceptors (Lipinski definition) is 6. The average Bonchev–Trinajstić information content (AvgIpc) is 2.46. The summed E-state index contributed by atoms with van der Waals surface area (Å²) >= 11 is 0. The third-order valence-corrected chi connectivity index (χ3v) is 3.01. The highest BCUT2D eigenvalue weighted by Crippen LogP contribution is 2.14. The van der Waals surface area contributed by atoms with Crippen LogP contribution in [0.5, 0.6) is 0 Å². The molecule has 3 amide bonds. The smallest absolute Gasteiger partial charge is 0.318 e. The monoisotopic (exact) mass is 303 g/mol. The third kappa shape index (κ3) is 2.64. The van der Waals surface area contributed by atoms with Crippen molar-refractivity contribution in [3.05, 3.63) is 40.3 Å². The summed E-state index contributed by atoms with van der Waals surface area (Å²) in [5.41, 5.74) is 3.68. The molecular formula is C13H11N4O5-. The molecular weight excluding hydrogens is 292 g/mol. The van der Waals surface area contributed by atoms with Crippen LogP contribution in [0.15, 0.2) is 29.1 Å². The molecule has 0 radical (unpaired) electrons. The predicted molar refractivity (Wildman–Crippen MR) is 72.8 cm³/mol. The zero-order chi connectivity index (χ0) is 16.4. The molecule has 0 aliphatic rings. The number of fused-ring (bicyclic) bond motifs is 1. The Morgan fingerprint density at radius 3 is 2.41 bits per heavy atom. The molecule has 0 saturated heterocycles. The molecule has 114 valence electrons. The Morgan fingerprint density at radius 1 is 1.27 bits per heavy atom. The van der Waals surface area contributed by atoms with Gasteiger partial charge in [0.1, 0.15) is 11.7 Å². The Hall–Kier alpha value is -3.23. The van der Waals surface area contributed by atoms with Gasteiger partial charge in [-0.1, -0.05) is 18.2 Å². The SMILES string of the molecule is C[C@H](C(=O)NC(N)=O)n1nc(C(=O)[O-])c2ccccc2c1=O. The van der Waals surface area contributed by atoms with E-state index in [2.05, 4.69) is 5.10 Å². The molecule has 3 N–H and O–H groups in total. The number of primary amides is 1. The van der Waals surface area contributed by atoms with Gasteiger partial charge in [-0.05, 0) is 13.0 Å². The van der Waals surface area contributed by atoms with Crippen molar-refractivity contribution in [3.63, 3.8) is 0 Å². The normalized spacial score (nSPS) is 11.9. The predicted octanol–water partition coefficient (Wildman–Crippen LogP) is -1.48. The van der Waals surface area contributed by atoms with Crippen LogP contribution in [0.25, 0.3) is 10.8 Å². The maximum atomic E-state index is 12.3. The zero-order valence-electron chi connectivity index (χ0n) is 11.4. The number of hydrogen-bond donors (Lipinski definition) is 2. The summed E-state index contributed by atoms with van der Waals surface area (Å²) < 4.78 is 0.672. The van der Waals surface area contributed by atoms with Gasteiger partial charge in [-0.15, -0.1) is 0 Å². The van der Waals surface area contributed by atoms with Crippen LogP contribution in [0.3, 0.4) is 0 Å². The van der Waals surface area contributed by atoms with Gasteiger partial charge in [0.15, 0.2) is 0 Å². The van der Waals surface area contributed by atoms with E-state index in [9.17, 15) is 24.3 Å². The van der Waals surface area contributed by atoms with E-state index >= 15 is 0 Å². The van der Waals surface area contributed by atoms with E-state index in [1.54, 1.807) is 17.4 Å². The number of nitrogens with one attached hydrogen (secondary N) is 1. The highest BCUT2D eigenvalue weighted by atomic mass is 16.4. The van der Waals surface area contributed by atoms with Crippen molar-refractivity contribution >= 4 is 28.7 Å². The lowest BCUT2D eigenvalue weighted by atomic mass is 10.1. The molecule has 0 spiro atoms. The lowest BCUT2D eigenvalue weighted by Gasteiger charge is -2.16. The molecule has 0 fully saturated rings. The fourth-order valence-electron chi connectivity index (χ4n) is 1.96. The Kier molecular flexibility index (Phi) is 3.89. The Labute approximate surface area is 123 Å². The van der Waals surface area contributed by atoms with Gasteiger partial charge in [0.05, 0.1) is 11.4 Å². The number of nitrogens with zero attached hydrogens (tertiary/aromatic N) is 2. The van der Waals surface area contributed by atoms with Gasteiger partial charge in [-0.25, -0.2) is 9.48 Å². The van der Waals surface area contributed by atoms with Crippen molar-refractivity contribution < 1.29 is 19.5 Å². The Morgan fingerprint density at radius 2 is 1.86 bits per heavy atom. The van der Waals surface area contributed by atoms with E-state index in [1.807, 2.05) is 0 Å². The topological polar surface area (TPSA) is 147 Å². The lowest BCUT2D eigenvalue weighted by Crippen LogP contribution is -2.43. The molecule has 1 aromatic carbocycles. The van der Waals surface area contributed by atoms with Crippen molar-refractivity contribution in [2.45, 2.75) is 13.0 Å². The van der Waals surface area contributed by atoms with Crippen LogP contribution in [0.4, 0.5) is 4.79 Å². The summed E-state index contributed by atoms with van der Waals surface area (Å²) in [5, 5.41) is 16.8. The fourth-order valence-corrected chi connectivity index (χ4v) is 1.96. The number of benzene rings is 1. The molecule has 1 atom stereocenters. The number of rotatable bonds is 3. The van der Waals surface area contributed by atoms with Crippen LogP contribution >= 0.6 is 0 Å². The van der Waals surface area contributed by atoms with Crippen LogP contribution in [-0.4, -0.2) is 27.7 Å². The van der Waals surface area contributed by atoms with Gasteiger partial charge in [0.2, 0.25) is 0 Å². The summed E-state index contributed by atoms with van der Waals surface area (Å²) in [6, 6.07) is 3.58. The largest absolute Gasteiger partial charge is 0.543 e. The molecule has 1 aromatic heterocycles. The van der Waals surface area contributed by atoms with E-state index in [0.717, 1.165) is 0 Å². The molecule has 0 bridgehead atoms. The fraction of sp³-hybridized carbons (Fsp3) is 0.154. The zero-order valence-corrected chi connectivity index (χ0v) is 11.4. The number of nitrogens with two attached hydrogens (primary N) is 1. The van der Waals surface area contributed by atoms with Crippen molar-refractivity contribution in [2.24, 2.45) is 5.73 Å². The minimum Gasteiger partial charge on any atom is -0.543 e. The van der Waals surface area contributed by atoms with Gasteiger partial charge < -0.3 is 15.6 Å². The van der Waals surface area contributed by atoms with E-state index in [1.165, 1.54) is 19.1 Å². The number of imide groups is 1. The highest BCUT2D eigenvalue weighted by molar-refractivity contribution is 6.00. The van der Waals surface area contributed by atoms with Gasteiger partial charge in [0.25, 0.3) is 11.5 Å². The number of carboxylic acid groups (broad SMARTS) is 1. The summed E-state index contributed by atoms with van der Waals surface area (Å²) in [7, 11) is 0. The molecule has 0 saturated carbocycles. The van der Waals surface area contributed by atoms with Crippen molar-refractivity contribution in [1.29, 1.82) is 0 Å². The summed E-state index contributed by atoms with van der Waals surface area (Å²) in [4.78, 5) is 46.0. The number of carbonyl (C=O) groups excluding carboxylic acids is 3. The quantitative estimate of drug-likeness (QED) is 0.706. The van der Waals surface area contributed by atoms with Crippen LogP contribution in [0.2, 0.25) is 0 Å². The number of urea groups is 1. The van der Waals surface area contributed by atoms with Gasteiger partial charge >= 0.3 is 6.03 Å². The molecule has 1 heterocycles. The molecule has 2 rings (SSSR count). The summed E-state index contributed by atoms with van der Waals surface area (Å²) in [6.45, 7) is 1.28. The van der Waals surface area contributed by atoms with Crippen LogP contribution in [0.1, 0.15) is 23.5 Å². The van der Waals surface area contributed by atoms with Crippen molar-refractivity contribution in [1.82, 2.24) is 15.1 Å². The first-order valence-electron chi connectivity index (χ1n) is 6.16. The molecule has 0 aliphatic carbocycles. The molecule has 22 heavy (non-hydrogen) atoms. The van der Waals surface area contributed by atoms with Gasteiger partial charge in [0, 0.05) is 5.39 Å². The first-order chi connectivity index (χ1) is 10.3. The maximum absolute atomic E-state index is 12.3. The van der Waals surface area contributed by atoms with E-state index < -0.39 is 35.2 Å². The Bertz CT molecular complexity index is 842. The second-order valence-electron chi connectivity index (χ2n) is 4.46. The number of carbonyl (C=O) groups is 3. The van der Waals surface area contributed by atoms with Crippen LogP contribution in [0, 0.1) is 0 Å². The van der Waals surface area contributed by atoms with Crippen molar-refractivity contribution in [3.8, 4) is 0 Å². The first kappa shape index (κ1) is 15.2. The van der Waals surface area contributed by atoms with Crippen LogP contribution in [-0.2, 0) is 4.79 Å². The van der Waals surface area contributed by atoms with Gasteiger partial charge in [-0.3, -0.25) is 14.9 Å². The van der Waals surface area contributed by atoms with E-state index in [-0.39, 0.29) is 10.8 Å². The van der Waals surface area contributed by atoms with Gasteiger partial charge in [-0.2, -0.15) is 5.10 Å². The maximum Gasteiger partial charge on any atom is 0.318 e. The summed E-state index contributed by atoms with van der Waals surface area (Å²) in [5.74, 6) is -2.48. The minimum absolute atomic E-state index is 0.0652. The highest BCUT2D eigenvalue weighted by Gasteiger charge is 2.21. The third-order valence-electron chi connectivity index (χ3n) is 3.01. The molecule has 0 aliphatic heterocycles. The molecule has 2 aromatic rings. The van der Waals surface area contributed by atoms with E-state index in [0.29, 0.717) is 4.68 Å². The second-order valence-corrected chi connectivity index (χ2v) is 4.46. The second kappa shape index (κ2) is 5.64. The molecule has 0 unspecified atom stereocenters. The summed E-state index contributed by atoms with van der Waals surface area (Å²) in [6.07, 6.45) is 0. The number of amides is 3. The van der Waals surface area contributed by atoms with Crippen LogP contribution < -0.4 is 21.7 Å². The minimum atomic E-state index is -1.59. The molecule has 9 nitrogen and oxygen atoms in total. The first-order valence-corrected chi connectivity index (χ1v) is 6.16. The van der Waals surface area contributed by atoms with E-state index in [4.69, 9.17) is 5.73 Å². The number of carboxylic acids is 1.